The number of ether oxygens (including phenoxy) is 1. The SMILES string of the molecule is Cc1cccc(OCc2nc3ccc(Cl)cc3n2CC(C)O)c1C. The molecule has 3 aromatic rings. The lowest BCUT2D eigenvalue weighted by Crippen LogP contribution is -2.15. The van der Waals surface area contributed by atoms with Crippen LogP contribution in [0.4, 0.5) is 0 Å². The standard InChI is InChI=1S/C19H21ClN2O2/c1-12-5-4-6-18(14(12)3)24-11-19-21-16-8-7-15(20)9-17(16)22(19)10-13(2)23/h4-9,13,23H,10-11H2,1-3H3. The summed E-state index contributed by atoms with van der Waals surface area (Å²) in [4.78, 5) is 4.64. The summed E-state index contributed by atoms with van der Waals surface area (Å²) in [6.07, 6.45) is -0.485. The minimum atomic E-state index is -0.485. The predicted molar refractivity (Wildman–Crippen MR) is 96.7 cm³/mol. The summed E-state index contributed by atoms with van der Waals surface area (Å²) in [6.45, 7) is 6.65. The second-order valence-electron chi connectivity index (χ2n) is 6.11. The number of aliphatic hydroxyl groups excluding tert-OH is 1. The summed E-state index contributed by atoms with van der Waals surface area (Å²) in [5, 5.41) is 10.5. The largest absolute Gasteiger partial charge is 0.485 e. The molecule has 0 aliphatic rings. The van der Waals surface area contributed by atoms with Gasteiger partial charge in [-0.05, 0) is 56.2 Å². The smallest absolute Gasteiger partial charge is 0.148 e. The lowest BCUT2D eigenvalue weighted by molar-refractivity contribution is 0.171. The Bertz CT molecular complexity index is 871. The topological polar surface area (TPSA) is 47.3 Å². The van der Waals surface area contributed by atoms with E-state index in [2.05, 4.69) is 18.0 Å². The molecule has 0 aliphatic heterocycles. The summed E-state index contributed by atoms with van der Waals surface area (Å²) >= 11 is 6.11. The molecule has 5 heteroatoms. The molecule has 1 heterocycles. The Hall–Kier alpha value is -2.04. The molecule has 0 radical (unpaired) electrons. The second-order valence-corrected chi connectivity index (χ2v) is 6.54. The van der Waals surface area contributed by atoms with Crippen molar-refractivity contribution in [2.75, 3.05) is 0 Å². The van der Waals surface area contributed by atoms with Crippen molar-refractivity contribution in [2.24, 2.45) is 0 Å². The van der Waals surface area contributed by atoms with E-state index in [1.807, 2.05) is 41.8 Å². The second kappa shape index (κ2) is 6.83. The highest BCUT2D eigenvalue weighted by atomic mass is 35.5. The summed E-state index contributed by atoms with van der Waals surface area (Å²) in [6, 6.07) is 11.6. The highest BCUT2D eigenvalue weighted by molar-refractivity contribution is 6.31. The summed E-state index contributed by atoms with van der Waals surface area (Å²) in [5.41, 5.74) is 4.07. The van der Waals surface area contributed by atoms with E-state index in [-0.39, 0.29) is 0 Å². The highest BCUT2D eigenvalue weighted by Crippen LogP contribution is 2.24. The molecule has 2 aromatic carbocycles. The number of hydrogen-bond donors (Lipinski definition) is 1. The number of imidazole rings is 1. The number of rotatable bonds is 5. The monoisotopic (exact) mass is 344 g/mol. The zero-order valence-electron chi connectivity index (χ0n) is 14.1. The quantitative estimate of drug-likeness (QED) is 0.752. The molecule has 126 valence electrons. The van der Waals surface area contributed by atoms with E-state index in [1.165, 1.54) is 5.56 Å². The predicted octanol–water partition coefficient (Wildman–Crippen LogP) is 4.27. The molecule has 3 rings (SSSR count). The van der Waals surface area contributed by atoms with Gasteiger partial charge in [-0.25, -0.2) is 4.98 Å². The minimum Gasteiger partial charge on any atom is -0.485 e. The maximum atomic E-state index is 9.82. The van der Waals surface area contributed by atoms with E-state index in [1.54, 1.807) is 6.92 Å². The number of nitrogens with zero attached hydrogens (tertiary/aromatic N) is 2. The average molecular weight is 345 g/mol. The van der Waals surface area contributed by atoms with Gasteiger partial charge in [-0.1, -0.05) is 23.7 Å². The molecule has 24 heavy (non-hydrogen) atoms. The first-order chi connectivity index (χ1) is 11.5. The molecule has 1 aromatic heterocycles. The Morgan fingerprint density at radius 3 is 2.79 bits per heavy atom. The van der Waals surface area contributed by atoms with E-state index >= 15 is 0 Å². The molecular formula is C19H21ClN2O2. The first-order valence-electron chi connectivity index (χ1n) is 7.97. The van der Waals surface area contributed by atoms with Gasteiger partial charge in [-0.3, -0.25) is 0 Å². The van der Waals surface area contributed by atoms with Crippen molar-refractivity contribution < 1.29 is 9.84 Å². The molecule has 0 spiro atoms. The Balaban J connectivity index is 1.94. The summed E-state index contributed by atoms with van der Waals surface area (Å²) in [5.74, 6) is 1.62. The highest BCUT2D eigenvalue weighted by Gasteiger charge is 2.14. The van der Waals surface area contributed by atoms with E-state index in [4.69, 9.17) is 16.3 Å². The number of fused-ring (bicyclic) bond motifs is 1. The Morgan fingerprint density at radius 1 is 1.25 bits per heavy atom. The van der Waals surface area contributed by atoms with E-state index in [9.17, 15) is 5.11 Å². The van der Waals surface area contributed by atoms with Crippen LogP contribution in [0.1, 0.15) is 23.9 Å². The van der Waals surface area contributed by atoms with E-state index < -0.39 is 6.10 Å². The van der Waals surface area contributed by atoms with Crippen molar-refractivity contribution >= 4 is 22.6 Å². The van der Waals surface area contributed by atoms with Crippen LogP contribution < -0.4 is 4.74 Å². The third-order valence-corrected chi connectivity index (χ3v) is 4.38. The van der Waals surface area contributed by atoms with E-state index in [0.29, 0.717) is 18.2 Å². The van der Waals surface area contributed by atoms with Crippen LogP contribution in [-0.4, -0.2) is 20.8 Å². The van der Waals surface area contributed by atoms with Gasteiger partial charge in [0, 0.05) is 5.02 Å². The van der Waals surface area contributed by atoms with Crippen LogP contribution in [0.25, 0.3) is 11.0 Å². The number of aliphatic hydroxyl groups is 1. The molecule has 1 N–H and O–H groups in total. The Kier molecular flexibility index (Phi) is 4.78. The molecule has 1 atom stereocenters. The van der Waals surface area contributed by atoms with Crippen LogP contribution in [0.5, 0.6) is 5.75 Å². The zero-order valence-corrected chi connectivity index (χ0v) is 14.8. The maximum absolute atomic E-state index is 9.82. The lowest BCUT2D eigenvalue weighted by atomic mass is 10.1. The van der Waals surface area contributed by atoms with Crippen molar-refractivity contribution in [1.29, 1.82) is 0 Å². The van der Waals surface area contributed by atoms with Crippen LogP contribution in [-0.2, 0) is 13.2 Å². The molecule has 0 saturated heterocycles. The van der Waals surface area contributed by atoms with Gasteiger partial charge in [0.2, 0.25) is 0 Å². The number of aromatic nitrogens is 2. The fourth-order valence-electron chi connectivity index (χ4n) is 2.75. The zero-order chi connectivity index (χ0) is 17.3. The van der Waals surface area contributed by atoms with Gasteiger partial charge < -0.3 is 14.4 Å². The fourth-order valence-corrected chi connectivity index (χ4v) is 2.91. The molecule has 0 aliphatic carbocycles. The molecule has 0 amide bonds. The lowest BCUT2D eigenvalue weighted by Gasteiger charge is -2.14. The van der Waals surface area contributed by atoms with Crippen molar-refractivity contribution in [3.05, 3.63) is 58.4 Å². The summed E-state index contributed by atoms with van der Waals surface area (Å²) < 4.78 is 7.96. The van der Waals surface area contributed by atoms with Gasteiger partial charge in [0.15, 0.2) is 0 Å². The summed E-state index contributed by atoms with van der Waals surface area (Å²) in [7, 11) is 0. The van der Waals surface area contributed by atoms with Gasteiger partial charge in [0.05, 0.1) is 23.7 Å². The van der Waals surface area contributed by atoms with Gasteiger partial charge in [0.1, 0.15) is 18.2 Å². The average Bonchev–Trinajstić information content (AvgIpc) is 2.85. The Morgan fingerprint density at radius 2 is 2.04 bits per heavy atom. The van der Waals surface area contributed by atoms with Crippen LogP contribution >= 0.6 is 11.6 Å². The molecular weight excluding hydrogens is 324 g/mol. The fraction of sp³-hybridized carbons (Fsp3) is 0.316. The van der Waals surface area contributed by atoms with Crippen molar-refractivity contribution in [2.45, 2.75) is 40.0 Å². The van der Waals surface area contributed by atoms with Crippen LogP contribution in [0.3, 0.4) is 0 Å². The Labute approximate surface area is 146 Å². The number of hydrogen-bond acceptors (Lipinski definition) is 3. The molecule has 0 fully saturated rings. The number of aryl methyl sites for hydroxylation is 1. The number of halogens is 1. The van der Waals surface area contributed by atoms with Crippen LogP contribution in [0.15, 0.2) is 36.4 Å². The third kappa shape index (κ3) is 3.40. The van der Waals surface area contributed by atoms with Gasteiger partial charge in [-0.2, -0.15) is 0 Å². The minimum absolute atomic E-state index is 0.337. The third-order valence-electron chi connectivity index (χ3n) is 4.15. The first-order valence-corrected chi connectivity index (χ1v) is 8.35. The van der Waals surface area contributed by atoms with Crippen molar-refractivity contribution in [3.8, 4) is 5.75 Å². The molecule has 4 nitrogen and oxygen atoms in total. The first kappa shape index (κ1) is 16.8. The molecule has 1 unspecified atom stereocenters. The van der Waals surface area contributed by atoms with E-state index in [0.717, 1.165) is 28.2 Å². The maximum Gasteiger partial charge on any atom is 0.148 e. The van der Waals surface area contributed by atoms with Crippen LogP contribution in [0.2, 0.25) is 5.02 Å². The van der Waals surface area contributed by atoms with Crippen molar-refractivity contribution in [3.63, 3.8) is 0 Å². The molecule has 0 saturated carbocycles. The van der Waals surface area contributed by atoms with Gasteiger partial charge >= 0.3 is 0 Å². The van der Waals surface area contributed by atoms with Crippen molar-refractivity contribution in [1.82, 2.24) is 9.55 Å². The van der Waals surface area contributed by atoms with Gasteiger partial charge in [0.25, 0.3) is 0 Å². The normalized spacial score (nSPS) is 12.5. The van der Waals surface area contributed by atoms with Gasteiger partial charge in [-0.15, -0.1) is 0 Å². The van der Waals surface area contributed by atoms with Crippen LogP contribution in [0, 0.1) is 13.8 Å². The number of benzene rings is 2. The molecule has 0 bridgehead atoms.